The van der Waals surface area contributed by atoms with E-state index in [0.717, 1.165) is 0 Å². The summed E-state index contributed by atoms with van der Waals surface area (Å²) in [5, 5.41) is 9.25. The van der Waals surface area contributed by atoms with Crippen LogP contribution >= 0.6 is 0 Å². The predicted octanol–water partition coefficient (Wildman–Crippen LogP) is 4.67. The largest absolute Gasteiger partial charge is 0.549 e. The van der Waals surface area contributed by atoms with Crippen LogP contribution < -0.4 is 0 Å². The van der Waals surface area contributed by atoms with Crippen LogP contribution in [0.2, 0.25) is 18.1 Å². The number of nitrogens with zero attached hydrogens (tertiary/aromatic N) is 2. The highest BCUT2D eigenvalue weighted by Crippen LogP contribution is 2.36. The molecule has 0 spiro atoms. The summed E-state index contributed by atoms with van der Waals surface area (Å²) in [5.41, 5.74) is 0. The third-order valence-corrected chi connectivity index (χ3v) is 8.44. The minimum atomic E-state index is -1.93. The van der Waals surface area contributed by atoms with Gasteiger partial charge in [0, 0.05) is 18.2 Å². The summed E-state index contributed by atoms with van der Waals surface area (Å²) < 4.78 is 11.1. The van der Waals surface area contributed by atoms with Gasteiger partial charge in [0.1, 0.15) is 6.07 Å². The third kappa shape index (κ3) is 6.65. The molecule has 1 atom stereocenters. The average molecular weight is 341 g/mol. The van der Waals surface area contributed by atoms with E-state index in [1.54, 1.807) is 4.90 Å². The van der Waals surface area contributed by atoms with Gasteiger partial charge >= 0.3 is 6.09 Å². The fraction of sp³-hybridized carbons (Fsp3) is 0.765. The van der Waals surface area contributed by atoms with Gasteiger partial charge in [-0.3, -0.25) is 0 Å². The Labute approximate surface area is 142 Å². The van der Waals surface area contributed by atoms with Gasteiger partial charge in [-0.15, -0.1) is 0 Å². The normalized spacial score (nSPS) is 14.0. The van der Waals surface area contributed by atoms with E-state index in [4.69, 9.17) is 9.16 Å². The quantitative estimate of drug-likeness (QED) is 0.520. The first-order chi connectivity index (χ1) is 10.3. The molecule has 23 heavy (non-hydrogen) atoms. The number of ether oxygens (including phenoxy) is 1. The van der Waals surface area contributed by atoms with Crippen LogP contribution in [0.3, 0.4) is 0 Å². The highest BCUT2D eigenvalue weighted by molar-refractivity contribution is 6.74. The molecule has 0 saturated heterocycles. The van der Waals surface area contributed by atoms with Crippen molar-refractivity contribution in [2.45, 2.75) is 84.8 Å². The number of carbonyl (C=O) groups excluding carboxylic acids is 1. The molecule has 0 N–H and O–H groups in total. The molecule has 0 aliphatic carbocycles. The Kier molecular flexibility index (Phi) is 7.85. The van der Waals surface area contributed by atoms with Gasteiger partial charge in [-0.05, 0) is 45.8 Å². The lowest BCUT2D eigenvalue weighted by Gasteiger charge is -2.35. The summed E-state index contributed by atoms with van der Waals surface area (Å²) in [7, 11) is -1.93. The van der Waals surface area contributed by atoms with Crippen LogP contribution in [0.15, 0.2) is 12.3 Å². The summed E-state index contributed by atoms with van der Waals surface area (Å²) in [5.74, 6) is 0. The number of amides is 1. The maximum absolute atomic E-state index is 12.2. The summed E-state index contributed by atoms with van der Waals surface area (Å²) >= 11 is 0. The van der Waals surface area contributed by atoms with E-state index in [1.165, 1.54) is 12.3 Å². The highest BCUT2D eigenvalue weighted by Gasteiger charge is 2.38. The summed E-state index contributed by atoms with van der Waals surface area (Å²) in [6, 6.07) is 1.99. The number of hydrogen-bond acceptors (Lipinski definition) is 4. The van der Waals surface area contributed by atoms with E-state index >= 15 is 0 Å². The fourth-order valence-corrected chi connectivity index (χ4v) is 2.53. The molecule has 6 heteroatoms. The molecule has 0 aromatic carbocycles. The van der Waals surface area contributed by atoms with Crippen LogP contribution in [-0.4, -0.2) is 37.5 Å². The Morgan fingerprint density at radius 3 is 2.00 bits per heavy atom. The molecule has 1 amide bonds. The lowest BCUT2D eigenvalue weighted by Crippen LogP contribution is -2.43. The first-order valence-corrected chi connectivity index (χ1v) is 11.0. The summed E-state index contributed by atoms with van der Waals surface area (Å²) in [6.45, 7) is 18.3. The van der Waals surface area contributed by atoms with Crippen molar-refractivity contribution in [1.29, 1.82) is 5.26 Å². The number of carbonyl (C=O) groups is 1. The average Bonchev–Trinajstić information content (AvgIpc) is 2.34. The predicted molar refractivity (Wildman–Crippen MR) is 95.4 cm³/mol. The van der Waals surface area contributed by atoms with Crippen molar-refractivity contribution in [3.05, 3.63) is 12.3 Å². The topological polar surface area (TPSA) is 62.6 Å². The van der Waals surface area contributed by atoms with Crippen LogP contribution in [0.5, 0.6) is 0 Å². The summed E-state index contributed by atoms with van der Waals surface area (Å²) in [6.07, 6.45) is 1.57. The van der Waals surface area contributed by atoms with Crippen LogP contribution in [0.25, 0.3) is 0 Å². The second-order valence-electron chi connectivity index (χ2n) is 7.73. The van der Waals surface area contributed by atoms with Crippen molar-refractivity contribution in [1.82, 2.24) is 4.90 Å². The zero-order valence-electron chi connectivity index (χ0n) is 16.0. The monoisotopic (exact) mass is 340 g/mol. The number of nitriles is 1. The van der Waals surface area contributed by atoms with Crippen molar-refractivity contribution in [2.75, 3.05) is 0 Å². The minimum Gasteiger partial charge on any atom is -0.549 e. The molecule has 0 aliphatic rings. The Morgan fingerprint density at radius 2 is 1.65 bits per heavy atom. The first-order valence-electron chi connectivity index (χ1n) is 8.06. The van der Waals surface area contributed by atoms with Crippen molar-refractivity contribution in [2.24, 2.45) is 0 Å². The van der Waals surface area contributed by atoms with Crippen molar-refractivity contribution < 1.29 is 14.0 Å². The van der Waals surface area contributed by atoms with E-state index in [1.807, 2.05) is 33.8 Å². The molecule has 132 valence electrons. The number of rotatable bonds is 6. The molecule has 5 nitrogen and oxygen atoms in total. The molecule has 0 radical (unpaired) electrons. The molecule has 0 aliphatic heterocycles. The minimum absolute atomic E-state index is 0.00861. The van der Waals surface area contributed by atoms with E-state index < -0.39 is 20.5 Å². The van der Waals surface area contributed by atoms with E-state index in [-0.39, 0.29) is 17.1 Å². The zero-order valence-corrected chi connectivity index (χ0v) is 17.0. The molecule has 0 saturated carbocycles. The van der Waals surface area contributed by atoms with Crippen LogP contribution in [-0.2, 0) is 9.16 Å². The van der Waals surface area contributed by atoms with Gasteiger partial charge in [-0.25, -0.2) is 4.79 Å². The Balaban J connectivity index is 4.84. The van der Waals surface area contributed by atoms with Gasteiger partial charge in [-0.2, -0.15) is 5.26 Å². The van der Waals surface area contributed by atoms with Crippen molar-refractivity contribution >= 4 is 14.4 Å². The molecule has 0 aromatic heterocycles. The van der Waals surface area contributed by atoms with Crippen LogP contribution in [0.1, 0.15) is 48.5 Å². The van der Waals surface area contributed by atoms with Gasteiger partial charge in [0.05, 0.1) is 6.26 Å². The van der Waals surface area contributed by atoms with Crippen molar-refractivity contribution in [3.63, 3.8) is 0 Å². The van der Waals surface area contributed by atoms with Gasteiger partial charge in [-0.1, -0.05) is 20.8 Å². The van der Waals surface area contributed by atoms with Crippen molar-refractivity contribution in [3.8, 4) is 6.07 Å². The zero-order chi connectivity index (χ0) is 18.4. The van der Waals surface area contributed by atoms with E-state index in [9.17, 15) is 10.1 Å². The van der Waals surface area contributed by atoms with Crippen LogP contribution in [0, 0.1) is 11.3 Å². The standard InChI is InChI=1S/C17H32N2O3Si/c1-13(2)19(14(3)4)16(20)22-15(12-18)10-11-21-23(8,9)17(5,6)7/h10-11,13-15H,1-9H3/b11-10-. The molecule has 0 aromatic rings. The maximum atomic E-state index is 12.2. The second-order valence-corrected chi connectivity index (χ2v) is 12.5. The molecule has 1 unspecified atom stereocenters. The highest BCUT2D eigenvalue weighted by atomic mass is 28.4. The van der Waals surface area contributed by atoms with Gasteiger partial charge in [0.25, 0.3) is 0 Å². The SMILES string of the molecule is CC(C)N(C(=O)OC(C#N)/C=C\O[Si](C)(C)C(C)(C)C)C(C)C. The molecular formula is C17H32N2O3Si. The lowest BCUT2D eigenvalue weighted by atomic mass is 10.2. The maximum Gasteiger partial charge on any atom is 0.411 e. The Bertz CT molecular complexity index is 451. The molecule has 0 fully saturated rings. The Hall–Kier alpha value is -1.48. The van der Waals surface area contributed by atoms with E-state index in [2.05, 4.69) is 33.9 Å². The molecule has 0 rings (SSSR count). The number of hydrogen-bond donors (Lipinski definition) is 0. The van der Waals surface area contributed by atoms with Gasteiger partial charge in [0.15, 0.2) is 0 Å². The fourth-order valence-electron chi connectivity index (χ4n) is 1.75. The molecule has 0 bridgehead atoms. The van der Waals surface area contributed by atoms with E-state index in [0.29, 0.717) is 0 Å². The molecular weight excluding hydrogens is 308 g/mol. The lowest BCUT2D eigenvalue weighted by molar-refractivity contribution is 0.0733. The first kappa shape index (κ1) is 21.5. The summed E-state index contributed by atoms with van der Waals surface area (Å²) in [4.78, 5) is 13.8. The Morgan fingerprint density at radius 1 is 1.17 bits per heavy atom. The third-order valence-electron chi connectivity index (χ3n) is 4.10. The second kappa shape index (κ2) is 8.39. The van der Waals surface area contributed by atoms with Gasteiger partial charge < -0.3 is 14.1 Å². The smallest absolute Gasteiger partial charge is 0.411 e. The van der Waals surface area contributed by atoms with Gasteiger partial charge in [0.2, 0.25) is 14.4 Å². The molecule has 0 heterocycles. The van der Waals surface area contributed by atoms with Crippen LogP contribution in [0.4, 0.5) is 4.79 Å².